The minimum Gasteiger partial charge on any atom is -0.366 e. The second-order valence-corrected chi connectivity index (χ2v) is 8.96. The van der Waals surface area contributed by atoms with Gasteiger partial charge in [0.15, 0.2) is 5.78 Å². The van der Waals surface area contributed by atoms with Crippen molar-refractivity contribution in [3.05, 3.63) is 87.8 Å². The monoisotopic (exact) mass is 493 g/mol. The molecule has 1 fully saturated rings. The lowest BCUT2D eigenvalue weighted by atomic mass is 10.0. The summed E-state index contributed by atoms with van der Waals surface area (Å²) in [5.74, 6) is -0.251. The molecule has 1 amide bonds. The first-order valence-electron chi connectivity index (χ1n) is 11.6. The number of rotatable bonds is 8. The summed E-state index contributed by atoms with van der Waals surface area (Å²) in [4.78, 5) is 41.5. The van der Waals surface area contributed by atoms with E-state index in [1.807, 2.05) is 58.3 Å². The lowest BCUT2D eigenvalue weighted by molar-refractivity contribution is -0.127. The van der Waals surface area contributed by atoms with Crippen LogP contribution in [0.1, 0.15) is 12.5 Å². The van der Waals surface area contributed by atoms with Crippen molar-refractivity contribution in [1.82, 2.24) is 20.0 Å². The smallest absolute Gasteiger partial charge is 0.292 e. The fourth-order valence-corrected chi connectivity index (χ4v) is 4.38. The first-order chi connectivity index (χ1) is 16.9. The molecule has 35 heavy (non-hydrogen) atoms. The Morgan fingerprint density at radius 2 is 1.63 bits per heavy atom. The van der Waals surface area contributed by atoms with E-state index in [-0.39, 0.29) is 28.8 Å². The van der Waals surface area contributed by atoms with Gasteiger partial charge >= 0.3 is 0 Å². The van der Waals surface area contributed by atoms with Crippen molar-refractivity contribution in [2.24, 2.45) is 0 Å². The number of hydrogen-bond acceptors (Lipinski definition) is 6. The van der Waals surface area contributed by atoms with Crippen LogP contribution in [0.5, 0.6) is 0 Å². The molecule has 9 heteroatoms. The molecule has 1 aromatic heterocycles. The summed E-state index contributed by atoms with van der Waals surface area (Å²) in [6.07, 6.45) is 2.08. The minimum atomic E-state index is -0.549. The number of para-hydroxylation sites is 1. The van der Waals surface area contributed by atoms with Crippen LogP contribution in [-0.4, -0.2) is 65.1 Å². The van der Waals surface area contributed by atoms with E-state index in [1.165, 1.54) is 11.6 Å². The molecule has 1 aliphatic heterocycles. The molecular formula is C26H28ClN5O3. The molecule has 0 radical (unpaired) electrons. The Labute approximate surface area is 209 Å². The van der Waals surface area contributed by atoms with Crippen LogP contribution in [0.3, 0.4) is 0 Å². The number of carbonyl (C=O) groups excluding carboxylic acids is 2. The second kappa shape index (κ2) is 11.3. The average molecular weight is 494 g/mol. The number of anilines is 1. The molecule has 1 saturated heterocycles. The minimum absolute atomic E-state index is 0.0700. The zero-order valence-corrected chi connectivity index (χ0v) is 20.3. The van der Waals surface area contributed by atoms with Crippen molar-refractivity contribution >= 4 is 29.0 Å². The van der Waals surface area contributed by atoms with Gasteiger partial charge in [-0.05, 0) is 31.0 Å². The number of benzene rings is 2. The number of piperazine rings is 1. The number of halogens is 1. The Hall–Kier alpha value is -3.49. The molecule has 0 unspecified atom stereocenters. The molecule has 4 rings (SSSR count). The van der Waals surface area contributed by atoms with E-state index in [4.69, 9.17) is 11.6 Å². The van der Waals surface area contributed by atoms with Crippen LogP contribution in [0.2, 0.25) is 5.02 Å². The van der Waals surface area contributed by atoms with Crippen molar-refractivity contribution < 1.29 is 9.59 Å². The topological polar surface area (TPSA) is 87.5 Å². The van der Waals surface area contributed by atoms with Gasteiger partial charge < -0.3 is 10.2 Å². The van der Waals surface area contributed by atoms with Crippen LogP contribution < -0.4 is 15.8 Å². The maximum Gasteiger partial charge on any atom is 0.292 e. The van der Waals surface area contributed by atoms with E-state index in [1.54, 1.807) is 18.3 Å². The molecule has 1 aliphatic rings. The van der Waals surface area contributed by atoms with E-state index in [2.05, 4.69) is 10.4 Å². The Morgan fingerprint density at radius 1 is 1.00 bits per heavy atom. The SMILES string of the molecule is CC(=O)[C@H](Cc1ccccc1)NC(=O)CN1CCN(c2cnn(-c3ccccc3)c(=O)c2Cl)CC1. The summed E-state index contributed by atoms with van der Waals surface area (Å²) in [5, 5.41) is 7.30. The predicted octanol–water partition coefficient (Wildman–Crippen LogP) is 2.32. The molecule has 2 aromatic carbocycles. The van der Waals surface area contributed by atoms with Gasteiger partial charge in [-0.1, -0.05) is 60.1 Å². The summed E-state index contributed by atoms with van der Waals surface area (Å²) < 4.78 is 1.29. The standard InChI is InChI=1S/C26H28ClN5O3/c1-19(33)22(16-20-8-4-2-5-9-20)29-24(34)18-30-12-14-31(15-13-30)23-17-28-32(26(35)25(23)27)21-10-6-3-7-11-21/h2-11,17,22H,12-16,18H2,1H3,(H,29,34)/t22-/m0/s1. The van der Waals surface area contributed by atoms with Crippen LogP contribution in [0.25, 0.3) is 5.69 Å². The summed E-state index contributed by atoms with van der Waals surface area (Å²) in [7, 11) is 0. The number of Topliss-reactive ketones (excluding diaryl/α,β-unsaturated/α-hetero) is 1. The van der Waals surface area contributed by atoms with Crippen LogP contribution in [-0.2, 0) is 16.0 Å². The van der Waals surface area contributed by atoms with Gasteiger partial charge in [0.25, 0.3) is 5.56 Å². The molecule has 8 nitrogen and oxygen atoms in total. The third-order valence-corrected chi connectivity index (χ3v) is 6.45. The van der Waals surface area contributed by atoms with E-state index in [0.29, 0.717) is 44.0 Å². The van der Waals surface area contributed by atoms with Gasteiger partial charge in [-0.2, -0.15) is 9.78 Å². The second-order valence-electron chi connectivity index (χ2n) is 8.58. The first-order valence-corrected chi connectivity index (χ1v) is 11.9. The number of aromatic nitrogens is 2. The Morgan fingerprint density at radius 3 is 2.26 bits per heavy atom. The van der Waals surface area contributed by atoms with Crippen LogP contribution in [0.15, 0.2) is 71.7 Å². The van der Waals surface area contributed by atoms with Gasteiger partial charge in [0.05, 0.1) is 30.2 Å². The van der Waals surface area contributed by atoms with Gasteiger partial charge in [-0.3, -0.25) is 19.3 Å². The van der Waals surface area contributed by atoms with Gasteiger partial charge in [0, 0.05) is 26.2 Å². The molecule has 2 heterocycles. The molecule has 0 aliphatic carbocycles. The Balaban J connectivity index is 1.33. The summed E-state index contributed by atoms with van der Waals surface area (Å²) >= 11 is 6.43. The van der Waals surface area contributed by atoms with Crippen LogP contribution in [0, 0.1) is 0 Å². The molecule has 3 aromatic rings. The van der Waals surface area contributed by atoms with E-state index < -0.39 is 6.04 Å². The summed E-state index contributed by atoms with van der Waals surface area (Å²) in [6, 6.07) is 18.2. The Kier molecular flexibility index (Phi) is 7.94. The van der Waals surface area contributed by atoms with E-state index in [0.717, 1.165) is 5.56 Å². The molecule has 0 spiro atoms. The lowest BCUT2D eigenvalue weighted by Gasteiger charge is -2.36. The number of amides is 1. The molecular weight excluding hydrogens is 466 g/mol. The number of ketones is 1. The van der Waals surface area contributed by atoms with Gasteiger partial charge in [0.1, 0.15) is 5.02 Å². The van der Waals surface area contributed by atoms with E-state index in [9.17, 15) is 14.4 Å². The maximum absolute atomic E-state index is 12.8. The maximum atomic E-state index is 12.8. The fraction of sp³-hybridized carbons (Fsp3) is 0.308. The molecule has 0 saturated carbocycles. The number of nitrogens with zero attached hydrogens (tertiary/aromatic N) is 4. The highest BCUT2D eigenvalue weighted by molar-refractivity contribution is 6.33. The zero-order chi connectivity index (χ0) is 24.8. The van der Waals surface area contributed by atoms with Crippen molar-refractivity contribution in [3.8, 4) is 5.69 Å². The lowest BCUT2D eigenvalue weighted by Crippen LogP contribution is -2.52. The molecule has 1 N–H and O–H groups in total. The van der Waals surface area contributed by atoms with Gasteiger partial charge in [-0.25, -0.2) is 0 Å². The highest BCUT2D eigenvalue weighted by atomic mass is 35.5. The average Bonchev–Trinajstić information content (AvgIpc) is 2.87. The zero-order valence-electron chi connectivity index (χ0n) is 19.6. The van der Waals surface area contributed by atoms with Crippen LogP contribution in [0.4, 0.5) is 5.69 Å². The van der Waals surface area contributed by atoms with E-state index >= 15 is 0 Å². The number of nitrogens with one attached hydrogen (secondary N) is 1. The molecule has 1 atom stereocenters. The number of hydrogen-bond donors (Lipinski definition) is 1. The van der Waals surface area contributed by atoms with Gasteiger partial charge in [-0.15, -0.1) is 0 Å². The van der Waals surface area contributed by atoms with Crippen molar-refractivity contribution in [2.75, 3.05) is 37.6 Å². The molecule has 182 valence electrons. The highest BCUT2D eigenvalue weighted by Gasteiger charge is 2.24. The predicted molar refractivity (Wildman–Crippen MR) is 136 cm³/mol. The summed E-state index contributed by atoms with van der Waals surface area (Å²) in [6.45, 7) is 4.14. The largest absolute Gasteiger partial charge is 0.366 e. The highest BCUT2D eigenvalue weighted by Crippen LogP contribution is 2.23. The van der Waals surface area contributed by atoms with Crippen molar-refractivity contribution in [1.29, 1.82) is 0 Å². The number of carbonyl (C=O) groups is 2. The first kappa shape index (κ1) is 24.6. The van der Waals surface area contributed by atoms with Crippen LogP contribution >= 0.6 is 11.6 Å². The quantitative estimate of drug-likeness (QED) is 0.518. The fourth-order valence-electron chi connectivity index (χ4n) is 4.13. The van der Waals surface area contributed by atoms with Crippen molar-refractivity contribution in [3.63, 3.8) is 0 Å². The van der Waals surface area contributed by atoms with Gasteiger partial charge in [0.2, 0.25) is 5.91 Å². The third-order valence-electron chi connectivity index (χ3n) is 6.09. The third kappa shape index (κ3) is 6.15. The normalized spacial score (nSPS) is 15.0. The summed E-state index contributed by atoms with van der Waals surface area (Å²) in [5.41, 5.74) is 1.87. The molecule has 0 bridgehead atoms. The Bertz CT molecular complexity index is 1220. The van der Waals surface area contributed by atoms with Crippen molar-refractivity contribution in [2.45, 2.75) is 19.4 Å².